The average Bonchev–Trinajstić information content (AvgIpc) is 3.38. The van der Waals surface area contributed by atoms with Crippen LogP contribution in [0.15, 0.2) is 35.9 Å². The van der Waals surface area contributed by atoms with Crippen LogP contribution in [0.25, 0.3) is 0 Å². The first kappa shape index (κ1) is 68.5. The molecule has 3 unspecified atom stereocenters. The molecule has 9 nitrogen and oxygen atoms in total. The van der Waals surface area contributed by atoms with Crippen molar-refractivity contribution in [2.75, 3.05) is 45.9 Å². The normalized spacial score (nSPS) is 13.7. The van der Waals surface area contributed by atoms with Crippen molar-refractivity contribution >= 4 is 5.97 Å². The molecule has 0 aliphatic heterocycles. The largest absolute Gasteiger partial charge is 0.514 e. The van der Waals surface area contributed by atoms with Crippen LogP contribution in [0.4, 0.5) is 0 Å². The van der Waals surface area contributed by atoms with Crippen LogP contribution in [0.3, 0.4) is 0 Å². The number of aliphatic hydroxyl groups is 3. The van der Waals surface area contributed by atoms with Crippen molar-refractivity contribution in [1.82, 2.24) is 15.1 Å². The molecule has 0 amide bonds. The topological polar surface area (TPSA) is 115 Å². The molecular weight excluding hydrogens is 883 g/mol. The van der Waals surface area contributed by atoms with E-state index in [1.807, 2.05) is 0 Å². The highest BCUT2D eigenvalue weighted by atomic mass is 16.5. The van der Waals surface area contributed by atoms with Crippen molar-refractivity contribution in [3.63, 3.8) is 0 Å². The van der Waals surface area contributed by atoms with Crippen LogP contribution < -0.4 is 5.32 Å². The van der Waals surface area contributed by atoms with Gasteiger partial charge >= 0.3 is 5.97 Å². The van der Waals surface area contributed by atoms with Crippen LogP contribution in [0.2, 0.25) is 0 Å². The quantitative estimate of drug-likeness (QED) is 0.0269. The Morgan fingerprint density at radius 1 is 0.451 bits per heavy atom. The summed E-state index contributed by atoms with van der Waals surface area (Å²) in [5.41, 5.74) is 1.82. The van der Waals surface area contributed by atoms with Crippen molar-refractivity contribution in [2.24, 2.45) is 11.8 Å². The number of carbonyl (C=O) groups is 1. The molecule has 0 fully saturated rings. The number of carbonyl (C=O) groups excluding carboxylic acids is 1. The second-order valence-electron chi connectivity index (χ2n) is 21.2. The maximum absolute atomic E-state index is 12.7. The molecule has 0 bridgehead atoms. The molecule has 0 radical (unpaired) electrons. The Morgan fingerprint density at radius 3 is 1.44 bits per heavy atom. The van der Waals surface area contributed by atoms with Crippen LogP contribution >= 0.6 is 0 Å². The van der Waals surface area contributed by atoms with Crippen molar-refractivity contribution < 1.29 is 29.6 Å². The monoisotopic (exact) mass is 1000 g/mol. The SMILES string of the molecule is CCCCCCCCNC(=CO)C(CCCN(CC)CC)N(CCCCCCCCC(=O)OCC(CCCC)CCCCCC)C(=CO)CCCCCCCC(=CO)OCC(CCCC)CCCCCC. The molecule has 3 atom stereocenters. The van der Waals surface area contributed by atoms with Gasteiger partial charge in [0.2, 0.25) is 0 Å². The lowest BCUT2D eigenvalue weighted by molar-refractivity contribution is -0.145. The summed E-state index contributed by atoms with van der Waals surface area (Å²) >= 11 is 0. The Hall–Kier alpha value is -2.55. The van der Waals surface area contributed by atoms with Gasteiger partial charge in [0, 0.05) is 31.6 Å². The third kappa shape index (κ3) is 39.6. The summed E-state index contributed by atoms with van der Waals surface area (Å²) < 4.78 is 12.0. The highest BCUT2D eigenvalue weighted by Gasteiger charge is 2.25. The minimum absolute atomic E-state index is 0.0312. The molecule has 0 spiro atoms. The van der Waals surface area contributed by atoms with Crippen molar-refractivity contribution in [2.45, 2.75) is 298 Å². The van der Waals surface area contributed by atoms with E-state index in [9.17, 15) is 20.1 Å². The lowest BCUT2D eigenvalue weighted by Crippen LogP contribution is -2.42. The minimum Gasteiger partial charge on any atom is -0.514 e. The summed E-state index contributed by atoms with van der Waals surface area (Å²) in [6.45, 7) is 21.7. The van der Waals surface area contributed by atoms with E-state index in [0.29, 0.717) is 31.5 Å². The molecule has 0 heterocycles. The van der Waals surface area contributed by atoms with E-state index in [1.54, 1.807) is 0 Å². The number of rotatable bonds is 55. The number of unbranched alkanes of at least 4 members (excludes halogenated alkanes) is 22. The standard InChI is InChI=1S/C62H121N3O6/c1-8-15-20-23-30-37-48-63-60(53-68)61(46-39-49-64(13-6)14-7)65(50-38-31-25-24-29-36-47-62(69)71-55-57(41-19-12-5)43-33-22-17-10-3)58(51-66)44-34-27-26-28-35-45-59(52-67)70-54-56(40-18-11-4)42-32-21-16-9-2/h51-53,56-57,61,63,66-68H,8-50,54-55H2,1-7H3. The molecule has 0 saturated heterocycles. The summed E-state index contributed by atoms with van der Waals surface area (Å²) in [6, 6.07) is -0.0559. The first-order chi connectivity index (χ1) is 34.8. The molecule has 71 heavy (non-hydrogen) atoms. The van der Waals surface area contributed by atoms with E-state index in [2.05, 4.69) is 63.6 Å². The molecule has 0 aromatic rings. The number of allylic oxidation sites excluding steroid dienone is 2. The van der Waals surface area contributed by atoms with E-state index in [4.69, 9.17) is 9.47 Å². The van der Waals surface area contributed by atoms with E-state index in [1.165, 1.54) is 147 Å². The number of hydrogen-bond acceptors (Lipinski definition) is 9. The Kier molecular flexibility index (Phi) is 50.4. The molecule has 9 heteroatoms. The molecule has 0 aromatic carbocycles. The fourth-order valence-corrected chi connectivity index (χ4v) is 10.1. The number of nitrogens with zero attached hydrogens (tertiary/aromatic N) is 2. The smallest absolute Gasteiger partial charge is 0.305 e. The molecule has 0 aliphatic rings. The van der Waals surface area contributed by atoms with Gasteiger partial charge in [0.25, 0.3) is 0 Å². The zero-order valence-electron chi connectivity index (χ0n) is 48.2. The van der Waals surface area contributed by atoms with Crippen LogP contribution in [0.5, 0.6) is 0 Å². The molecule has 0 aliphatic carbocycles. The summed E-state index contributed by atoms with van der Waals surface area (Å²) in [6.07, 6.45) is 46.3. The molecule has 4 N–H and O–H groups in total. The van der Waals surface area contributed by atoms with Crippen molar-refractivity contribution in [3.8, 4) is 0 Å². The van der Waals surface area contributed by atoms with Crippen LogP contribution in [-0.2, 0) is 14.3 Å². The lowest BCUT2D eigenvalue weighted by atomic mass is 9.96. The zero-order valence-corrected chi connectivity index (χ0v) is 48.2. The van der Waals surface area contributed by atoms with Crippen LogP contribution in [0, 0.1) is 11.8 Å². The van der Waals surface area contributed by atoms with E-state index in [0.717, 1.165) is 159 Å². The number of aliphatic hydroxyl groups excluding tert-OH is 3. The molecule has 0 rings (SSSR count). The third-order valence-corrected chi connectivity index (χ3v) is 15.0. The number of hydrogen-bond donors (Lipinski definition) is 4. The van der Waals surface area contributed by atoms with E-state index < -0.39 is 0 Å². The van der Waals surface area contributed by atoms with Gasteiger partial charge < -0.3 is 39.9 Å². The minimum atomic E-state index is -0.0559. The van der Waals surface area contributed by atoms with Gasteiger partial charge in [-0.3, -0.25) is 4.79 Å². The average molecular weight is 1000 g/mol. The second kappa shape index (κ2) is 52.3. The first-order valence-electron chi connectivity index (χ1n) is 30.8. The predicted octanol–water partition coefficient (Wildman–Crippen LogP) is 18.5. The number of ether oxygens (including phenoxy) is 2. The second-order valence-corrected chi connectivity index (χ2v) is 21.2. The highest BCUT2D eigenvalue weighted by Crippen LogP contribution is 2.27. The summed E-state index contributed by atoms with van der Waals surface area (Å²) in [7, 11) is 0. The van der Waals surface area contributed by atoms with Gasteiger partial charge in [0.15, 0.2) is 0 Å². The van der Waals surface area contributed by atoms with E-state index >= 15 is 0 Å². The number of esters is 1. The van der Waals surface area contributed by atoms with Crippen LogP contribution in [0.1, 0.15) is 292 Å². The molecule has 420 valence electrons. The van der Waals surface area contributed by atoms with Gasteiger partial charge in [0.1, 0.15) is 18.3 Å². The Balaban J connectivity index is 5.59. The molecule has 0 saturated carbocycles. The maximum atomic E-state index is 12.7. The van der Waals surface area contributed by atoms with Gasteiger partial charge in [-0.2, -0.15) is 0 Å². The van der Waals surface area contributed by atoms with Gasteiger partial charge in [0.05, 0.1) is 31.2 Å². The van der Waals surface area contributed by atoms with Crippen molar-refractivity contribution in [1.29, 1.82) is 0 Å². The van der Waals surface area contributed by atoms with Gasteiger partial charge in [-0.15, -0.1) is 0 Å². The fraction of sp³-hybridized carbons (Fsp3) is 0.887. The molecular formula is C62H121N3O6. The predicted molar refractivity (Wildman–Crippen MR) is 306 cm³/mol. The lowest BCUT2D eigenvalue weighted by Gasteiger charge is -2.37. The summed E-state index contributed by atoms with van der Waals surface area (Å²) in [4.78, 5) is 17.6. The Morgan fingerprint density at radius 2 is 0.915 bits per heavy atom. The first-order valence-corrected chi connectivity index (χ1v) is 30.8. The van der Waals surface area contributed by atoms with Crippen LogP contribution in [-0.4, -0.2) is 83.1 Å². The van der Waals surface area contributed by atoms with E-state index in [-0.39, 0.29) is 12.0 Å². The Labute approximate surface area is 441 Å². The fourth-order valence-electron chi connectivity index (χ4n) is 10.1. The zero-order chi connectivity index (χ0) is 52.3. The van der Waals surface area contributed by atoms with Gasteiger partial charge in [-0.25, -0.2) is 0 Å². The third-order valence-electron chi connectivity index (χ3n) is 15.0. The van der Waals surface area contributed by atoms with Gasteiger partial charge in [-0.1, -0.05) is 203 Å². The summed E-state index contributed by atoms with van der Waals surface area (Å²) in [5, 5.41) is 35.5. The summed E-state index contributed by atoms with van der Waals surface area (Å²) in [5.74, 6) is 1.76. The maximum Gasteiger partial charge on any atom is 0.305 e. The van der Waals surface area contributed by atoms with Crippen molar-refractivity contribution in [3.05, 3.63) is 35.9 Å². The highest BCUT2D eigenvalue weighted by molar-refractivity contribution is 5.69. The Bertz CT molecular complexity index is 1240. The number of nitrogens with one attached hydrogen (secondary N) is 1. The van der Waals surface area contributed by atoms with Gasteiger partial charge in [-0.05, 0) is 109 Å². The molecule has 0 aromatic heterocycles.